The van der Waals surface area contributed by atoms with Gasteiger partial charge in [0.15, 0.2) is 0 Å². The molecule has 0 aliphatic rings. The van der Waals surface area contributed by atoms with Crippen molar-refractivity contribution in [2.45, 2.75) is 76.5 Å². The number of hydrogen-bond acceptors (Lipinski definition) is 7. The number of benzene rings is 2. The molecule has 12 heteroatoms. The molecule has 2 aromatic carbocycles. The number of aromatic amines is 1. The zero-order valence-electron chi connectivity index (χ0n) is 25.2. The summed E-state index contributed by atoms with van der Waals surface area (Å²) in [5.74, 6) is -2.82. The number of H-pyrrole nitrogens is 1. The molecule has 0 saturated carbocycles. The molecule has 0 aliphatic heterocycles. The van der Waals surface area contributed by atoms with Crippen molar-refractivity contribution in [3.05, 3.63) is 65.9 Å². The van der Waals surface area contributed by atoms with Crippen LogP contribution in [-0.4, -0.2) is 69.6 Å². The summed E-state index contributed by atoms with van der Waals surface area (Å²) in [5.41, 5.74) is 13.9. The number of phenolic OH excluding ortho intramolecular Hbond substituents is 1. The van der Waals surface area contributed by atoms with E-state index in [1.807, 2.05) is 38.1 Å². The number of nitrogens with one attached hydrogen (secondary N) is 4. The van der Waals surface area contributed by atoms with Crippen LogP contribution in [0.2, 0.25) is 0 Å². The predicted octanol–water partition coefficient (Wildman–Crippen LogP) is 1.70. The quantitative estimate of drug-likeness (QED) is 0.105. The molecular weight excluding hydrogens is 564 g/mol. The monoisotopic (exact) mass is 608 g/mol. The fourth-order valence-electron chi connectivity index (χ4n) is 5.00. The second-order valence-electron chi connectivity index (χ2n) is 11.5. The Hall–Kier alpha value is -4.42. The van der Waals surface area contributed by atoms with Crippen molar-refractivity contribution in [1.82, 2.24) is 20.9 Å². The topological polar surface area (TPSA) is 213 Å². The molecule has 4 unspecified atom stereocenters. The van der Waals surface area contributed by atoms with Gasteiger partial charge >= 0.3 is 5.97 Å². The van der Waals surface area contributed by atoms with E-state index < -0.39 is 47.9 Å². The van der Waals surface area contributed by atoms with Gasteiger partial charge in [-0.15, -0.1) is 0 Å². The van der Waals surface area contributed by atoms with Crippen molar-refractivity contribution in [1.29, 1.82) is 0 Å². The fourth-order valence-corrected chi connectivity index (χ4v) is 5.00. The minimum absolute atomic E-state index is 0.0488. The highest BCUT2D eigenvalue weighted by Crippen LogP contribution is 2.20. The summed E-state index contributed by atoms with van der Waals surface area (Å²) in [5, 5.41) is 28.4. The van der Waals surface area contributed by atoms with E-state index in [-0.39, 0.29) is 30.9 Å². The first-order chi connectivity index (χ1) is 21.0. The predicted molar refractivity (Wildman–Crippen MR) is 168 cm³/mol. The Morgan fingerprint density at radius 1 is 0.841 bits per heavy atom. The molecule has 0 spiro atoms. The third kappa shape index (κ3) is 10.1. The molecule has 44 heavy (non-hydrogen) atoms. The zero-order chi connectivity index (χ0) is 32.2. The number of para-hydroxylation sites is 1. The molecule has 1 aromatic heterocycles. The van der Waals surface area contributed by atoms with E-state index >= 15 is 0 Å². The molecule has 0 aliphatic carbocycles. The first-order valence-electron chi connectivity index (χ1n) is 14.9. The van der Waals surface area contributed by atoms with Gasteiger partial charge in [0.25, 0.3) is 0 Å². The average molecular weight is 609 g/mol. The number of aromatic hydroxyl groups is 1. The van der Waals surface area contributed by atoms with Crippen molar-refractivity contribution < 1.29 is 29.4 Å². The number of carboxylic acid groups (broad SMARTS) is 1. The summed E-state index contributed by atoms with van der Waals surface area (Å²) in [4.78, 5) is 55.5. The molecule has 0 saturated heterocycles. The number of aliphatic carboxylic acids is 1. The molecule has 0 fully saturated rings. The van der Waals surface area contributed by atoms with Gasteiger partial charge in [-0.2, -0.15) is 0 Å². The lowest BCUT2D eigenvalue weighted by atomic mass is 10.00. The van der Waals surface area contributed by atoms with E-state index in [2.05, 4.69) is 20.9 Å². The fraction of sp³-hybridized carbons (Fsp3) is 0.438. The lowest BCUT2D eigenvalue weighted by Crippen LogP contribution is -2.58. The van der Waals surface area contributed by atoms with Crippen LogP contribution in [0.15, 0.2) is 54.7 Å². The summed E-state index contributed by atoms with van der Waals surface area (Å²) >= 11 is 0. The van der Waals surface area contributed by atoms with Crippen LogP contribution in [0.5, 0.6) is 5.75 Å². The molecule has 0 radical (unpaired) electrons. The standard InChI is InChI=1S/C32H44N6O6/c1-19(2)15-24(34)29(40)37-27(16-20-10-12-22(39)13-11-20)30(41)38-28(17-21-18-35-25-8-4-3-7-23(21)25)31(42)36-26(32(43)44)9-5-6-14-33/h3-4,7-8,10-13,18-19,24,26-28,35,39H,5-6,9,14-17,33-34H2,1-2H3,(H,36,42)(H,37,40)(H,38,41)(H,43,44). The number of phenols is 1. The maximum Gasteiger partial charge on any atom is 0.326 e. The second kappa shape index (κ2) is 16.4. The van der Waals surface area contributed by atoms with Crippen LogP contribution in [-0.2, 0) is 32.0 Å². The van der Waals surface area contributed by atoms with Crippen molar-refractivity contribution >= 4 is 34.6 Å². The molecule has 12 nitrogen and oxygen atoms in total. The van der Waals surface area contributed by atoms with Gasteiger partial charge in [-0.25, -0.2) is 4.79 Å². The summed E-state index contributed by atoms with van der Waals surface area (Å²) in [6, 6.07) is 9.41. The maximum absolute atomic E-state index is 13.8. The van der Waals surface area contributed by atoms with Gasteiger partial charge in [0, 0.05) is 29.9 Å². The van der Waals surface area contributed by atoms with Gasteiger partial charge in [-0.1, -0.05) is 44.2 Å². The van der Waals surface area contributed by atoms with E-state index in [0.717, 1.165) is 16.5 Å². The van der Waals surface area contributed by atoms with Gasteiger partial charge < -0.3 is 42.6 Å². The number of nitrogens with two attached hydrogens (primary N) is 2. The van der Waals surface area contributed by atoms with Crippen molar-refractivity contribution in [2.75, 3.05) is 6.54 Å². The molecule has 4 atom stereocenters. The Morgan fingerprint density at radius 3 is 2.09 bits per heavy atom. The minimum atomic E-state index is -1.19. The number of amides is 3. The first kappa shape index (κ1) is 34.1. The Morgan fingerprint density at radius 2 is 1.45 bits per heavy atom. The third-order valence-electron chi connectivity index (χ3n) is 7.36. The molecule has 3 rings (SSSR count). The normalized spacial score (nSPS) is 14.0. The molecule has 238 valence electrons. The van der Waals surface area contributed by atoms with E-state index in [4.69, 9.17) is 11.5 Å². The van der Waals surface area contributed by atoms with E-state index in [9.17, 15) is 29.4 Å². The number of aromatic nitrogens is 1. The Labute approximate surface area is 257 Å². The second-order valence-corrected chi connectivity index (χ2v) is 11.5. The van der Waals surface area contributed by atoms with E-state index in [0.29, 0.717) is 31.4 Å². The van der Waals surface area contributed by atoms with Crippen molar-refractivity contribution in [3.63, 3.8) is 0 Å². The van der Waals surface area contributed by atoms with Gasteiger partial charge in [0.2, 0.25) is 17.7 Å². The maximum atomic E-state index is 13.8. The Bertz CT molecular complexity index is 1410. The van der Waals surface area contributed by atoms with Gasteiger partial charge in [0.1, 0.15) is 23.9 Å². The summed E-state index contributed by atoms with van der Waals surface area (Å²) in [7, 11) is 0. The van der Waals surface area contributed by atoms with Crippen molar-refractivity contribution in [3.8, 4) is 5.75 Å². The molecule has 3 amide bonds. The van der Waals surface area contributed by atoms with Gasteiger partial charge in [-0.05, 0) is 67.5 Å². The van der Waals surface area contributed by atoms with Crippen LogP contribution in [0.3, 0.4) is 0 Å². The van der Waals surface area contributed by atoms with Gasteiger partial charge in [0.05, 0.1) is 6.04 Å². The summed E-state index contributed by atoms with van der Waals surface area (Å²) in [6.45, 7) is 4.26. The molecule has 1 heterocycles. The zero-order valence-corrected chi connectivity index (χ0v) is 25.2. The van der Waals surface area contributed by atoms with Crippen LogP contribution in [0.4, 0.5) is 0 Å². The van der Waals surface area contributed by atoms with Crippen LogP contribution in [0.25, 0.3) is 10.9 Å². The lowest BCUT2D eigenvalue weighted by molar-refractivity contribution is -0.142. The Kier molecular flexibility index (Phi) is 12.7. The van der Waals surface area contributed by atoms with E-state index in [1.54, 1.807) is 18.3 Å². The summed E-state index contributed by atoms with van der Waals surface area (Å²) in [6.07, 6.45) is 3.56. The highest BCUT2D eigenvalue weighted by atomic mass is 16.4. The van der Waals surface area contributed by atoms with Crippen LogP contribution in [0.1, 0.15) is 50.7 Å². The van der Waals surface area contributed by atoms with E-state index in [1.165, 1.54) is 12.1 Å². The largest absolute Gasteiger partial charge is 0.508 e. The number of unbranched alkanes of at least 4 members (excludes halogenated alkanes) is 1. The number of carbonyl (C=O) groups excluding carboxylic acids is 3. The summed E-state index contributed by atoms with van der Waals surface area (Å²) < 4.78 is 0. The molecular formula is C32H44N6O6. The van der Waals surface area contributed by atoms with Crippen LogP contribution in [0, 0.1) is 5.92 Å². The molecule has 3 aromatic rings. The lowest BCUT2D eigenvalue weighted by Gasteiger charge is -2.25. The SMILES string of the molecule is CC(C)CC(N)C(=O)NC(Cc1ccc(O)cc1)C(=O)NC(Cc1c[nH]c2ccccc12)C(=O)NC(CCCCN)C(=O)O. The molecule has 0 bridgehead atoms. The number of carbonyl (C=O) groups is 4. The highest BCUT2D eigenvalue weighted by Gasteiger charge is 2.31. The number of carboxylic acids is 1. The van der Waals surface area contributed by atoms with Crippen molar-refractivity contribution in [2.24, 2.45) is 17.4 Å². The average Bonchev–Trinajstić information content (AvgIpc) is 3.39. The first-order valence-corrected chi connectivity index (χ1v) is 14.9. The van der Waals surface area contributed by atoms with Gasteiger partial charge in [-0.3, -0.25) is 14.4 Å². The minimum Gasteiger partial charge on any atom is -0.508 e. The van der Waals surface area contributed by atoms with Crippen LogP contribution >= 0.6 is 0 Å². The Balaban J connectivity index is 1.89. The number of fused-ring (bicyclic) bond motifs is 1. The molecule has 10 N–H and O–H groups in total. The van der Waals surface area contributed by atoms with Crippen LogP contribution < -0.4 is 27.4 Å². The number of hydrogen-bond donors (Lipinski definition) is 8. The number of rotatable bonds is 17. The third-order valence-corrected chi connectivity index (χ3v) is 7.36. The smallest absolute Gasteiger partial charge is 0.326 e. The highest BCUT2D eigenvalue weighted by molar-refractivity contribution is 5.95.